The van der Waals surface area contributed by atoms with E-state index in [0.29, 0.717) is 25.7 Å². The zero-order chi connectivity index (χ0) is 36.1. The van der Waals surface area contributed by atoms with Gasteiger partial charge < -0.3 is 29.9 Å². The van der Waals surface area contributed by atoms with Gasteiger partial charge in [-0.25, -0.2) is 0 Å². The molecule has 49 heavy (non-hydrogen) atoms. The van der Waals surface area contributed by atoms with Gasteiger partial charge in [0.2, 0.25) is 0 Å². The summed E-state index contributed by atoms with van der Waals surface area (Å²) < 4.78 is 10.3. The van der Waals surface area contributed by atoms with Crippen molar-refractivity contribution in [1.29, 1.82) is 0 Å². The molecule has 4 N–H and O–H groups in total. The minimum atomic E-state index is -1.03. The number of hydrogen-bond donors (Lipinski definition) is 4. The molecule has 1 rings (SSSR count). The highest BCUT2D eigenvalue weighted by molar-refractivity contribution is 5.69. The molecule has 0 heterocycles. The summed E-state index contributed by atoms with van der Waals surface area (Å²) in [5, 5.41) is 41.2. The van der Waals surface area contributed by atoms with Crippen LogP contribution in [0.5, 0.6) is 0 Å². The lowest BCUT2D eigenvalue weighted by Crippen LogP contribution is -2.25. The molecule has 8 nitrogen and oxygen atoms in total. The van der Waals surface area contributed by atoms with Gasteiger partial charge in [-0.3, -0.25) is 9.59 Å². The number of rotatable bonds is 32. The van der Waals surface area contributed by atoms with Crippen molar-refractivity contribution in [3.8, 4) is 0 Å². The van der Waals surface area contributed by atoms with Crippen LogP contribution in [0.25, 0.3) is 0 Å². The molecule has 6 atom stereocenters. The zero-order valence-electron chi connectivity index (χ0n) is 31.7. The monoisotopic (exact) mass is 697 g/mol. The lowest BCUT2D eigenvalue weighted by molar-refractivity contribution is -0.152. The van der Waals surface area contributed by atoms with Crippen molar-refractivity contribution in [2.75, 3.05) is 13.2 Å². The Balaban J connectivity index is 2.00. The molecule has 0 aromatic heterocycles. The minimum absolute atomic E-state index is 0.0294. The van der Waals surface area contributed by atoms with E-state index < -0.39 is 24.4 Å². The first-order chi connectivity index (χ1) is 23.6. The van der Waals surface area contributed by atoms with E-state index in [1.807, 2.05) is 6.08 Å². The molecule has 1 aliphatic rings. The summed E-state index contributed by atoms with van der Waals surface area (Å²) >= 11 is 0. The van der Waals surface area contributed by atoms with Gasteiger partial charge in [0.15, 0.2) is 0 Å². The van der Waals surface area contributed by atoms with Gasteiger partial charge in [-0.05, 0) is 37.5 Å². The standard InChI is InChI=1S/C41H76O8/c1-4-5-18-24-34(42)28-29-37-36(38(44)30-39(37)45)25-20-16-17-22-27-41(47)49-32-35(43)31-48-40(46)26-21-15-13-11-9-7-6-8-10-12-14-19-23-33(2)3/h28-29,33-39,42-45H,4-27,30-32H2,1-3H3/b29-28+/t34-,35-,36+,37+,38-,39+/m0/s1. The van der Waals surface area contributed by atoms with Gasteiger partial charge in [0.25, 0.3) is 0 Å². The number of esters is 2. The first-order valence-electron chi connectivity index (χ1n) is 20.4. The van der Waals surface area contributed by atoms with Crippen molar-refractivity contribution in [3.05, 3.63) is 12.2 Å². The number of hydrogen-bond acceptors (Lipinski definition) is 8. The van der Waals surface area contributed by atoms with Crippen LogP contribution in [0.3, 0.4) is 0 Å². The largest absolute Gasteiger partial charge is 0.463 e. The SMILES string of the molecule is CCCCC[C@H](O)/C=C/[C@@H]1[C@@H](CCCCCCC(=O)OC[C@@H](O)COC(=O)CCCCCCCCCCCCCCC(C)C)[C@@H](O)C[C@H]1O. The predicted octanol–water partition coefficient (Wildman–Crippen LogP) is 8.75. The van der Waals surface area contributed by atoms with Crippen molar-refractivity contribution >= 4 is 11.9 Å². The van der Waals surface area contributed by atoms with Crippen LogP contribution >= 0.6 is 0 Å². The van der Waals surface area contributed by atoms with Crippen LogP contribution in [-0.4, -0.2) is 70.0 Å². The highest BCUT2D eigenvalue weighted by Crippen LogP contribution is 2.37. The van der Waals surface area contributed by atoms with Gasteiger partial charge in [-0.2, -0.15) is 0 Å². The number of aliphatic hydroxyl groups excluding tert-OH is 4. The fourth-order valence-corrected chi connectivity index (χ4v) is 6.90. The molecule has 0 bridgehead atoms. The highest BCUT2D eigenvalue weighted by Gasteiger charge is 2.39. The maximum absolute atomic E-state index is 12.1. The van der Waals surface area contributed by atoms with Crippen LogP contribution in [0.2, 0.25) is 0 Å². The van der Waals surface area contributed by atoms with Gasteiger partial charge in [0, 0.05) is 25.2 Å². The Kier molecular flexibility index (Phi) is 28.0. The topological polar surface area (TPSA) is 134 Å². The summed E-state index contributed by atoms with van der Waals surface area (Å²) in [6.07, 6.45) is 26.2. The van der Waals surface area contributed by atoms with Gasteiger partial charge in [-0.15, -0.1) is 0 Å². The van der Waals surface area contributed by atoms with Crippen LogP contribution in [0, 0.1) is 17.8 Å². The Labute approximate surface area is 299 Å². The number of carbonyl (C=O) groups is 2. The highest BCUT2D eigenvalue weighted by atomic mass is 16.6. The molecule has 0 aromatic rings. The normalized spacial score (nSPS) is 20.7. The van der Waals surface area contributed by atoms with E-state index in [-0.39, 0.29) is 43.4 Å². The molecule has 288 valence electrons. The minimum Gasteiger partial charge on any atom is -0.463 e. The molecule has 0 unspecified atom stereocenters. The summed E-state index contributed by atoms with van der Waals surface area (Å²) in [5.74, 6) is -0.0433. The average molecular weight is 697 g/mol. The Morgan fingerprint density at radius 2 is 1.12 bits per heavy atom. The zero-order valence-corrected chi connectivity index (χ0v) is 31.7. The summed E-state index contributed by atoms with van der Waals surface area (Å²) in [5.41, 5.74) is 0. The van der Waals surface area contributed by atoms with Crippen LogP contribution in [-0.2, 0) is 19.1 Å². The second kappa shape index (κ2) is 30.2. The third-order valence-corrected chi connectivity index (χ3v) is 10.0. The predicted molar refractivity (Wildman–Crippen MR) is 198 cm³/mol. The number of ether oxygens (including phenoxy) is 2. The van der Waals surface area contributed by atoms with E-state index in [1.54, 1.807) is 6.08 Å². The second-order valence-corrected chi connectivity index (χ2v) is 15.2. The summed E-state index contributed by atoms with van der Waals surface area (Å²) in [6, 6.07) is 0. The van der Waals surface area contributed by atoms with E-state index in [0.717, 1.165) is 70.1 Å². The lowest BCUT2D eigenvalue weighted by Gasteiger charge is -2.21. The molecule has 0 amide bonds. The van der Waals surface area contributed by atoms with E-state index in [4.69, 9.17) is 9.47 Å². The molecule has 0 saturated heterocycles. The van der Waals surface area contributed by atoms with E-state index in [2.05, 4.69) is 20.8 Å². The number of unbranched alkanes of at least 4 members (excludes halogenated alkanes) is 16. The summed E-state index contributed by atoms with van der Waals surface area (Å²) in [6.45, 7) is 6.37. The fraction of sp³-hybridized carbons (Fsp3) is 0.902. The van der Waals surface area contributed by atoms with Crippen LogP contribution < -0.4 is 0 Å². The Morgan fingerprint density at radius 3 is 1.63 bits per heavy atom. The number of carbonyl (C=O) groups excluding carboxylic acids is 2. The summed E-state index contributed by atoms with van der Waals surface area (Å²) in [7, 11) is 0. The number of aliphatic hydroxyl groups is 4. The molecule has 0 aliphatic heterocycles. The summed E-state index contributed by atoms with van der Waals surface area (Å²) in [4.78, 5) is 24.1. The van der Waals surface area contributed by atoms with Crippen molar-refractivity contribution in [1.82, 2.24) is 0 Å². The van der Waals surface area contributed by atoms with Crippen LogP contribution in [0.4, 0.5) is 0 Å². The van der Waals surface area contributed by atoms with Crippen LogP contribution in [0.15, 0.2) is 12.2 Å². The smallest absolute Gasteiger partial charge is 0.305 e. The van der Waals surface area contributed by atoms with Gasteiger partial charge in [0.1, 0.15) is 19.3 Å². The van der Waals surface area contributed by atoms with Crippen molar-refractivity contribution in [3.63, 3.8) is 0 Å². The maximum Gasteiger partial charge on any atom is 0.305 e. The second-order valence-electron chi connectivity index (χ2n) is 15.2. The Bertz CT molecular complexity index is 830. The molecule has 0 radical (unpaired) electrons. The Morgan fingerprint density at radius 1 is 0.653 bits per heavy atom. The Hall–Kier alpha value is -1.48. The molecule has 0 aromatic carbocycles. The van der Waals surface area contributed by atoms with E-state index in [1.165, 1.54) is 64.2 Å². The molecule has 1 aliphatic carbocycles. The van der Waals surface area contributed by atoms with E-state index >= 15 is 0 Å². The molecular formula is C41H76O8. The quantitative estimate of drug-likeness (QED) is 0.0312. The van der Waals surface area contributed by atoms with Gasteiger partial charge in [-0.1, -0.05) is 148 Å². The van der Waals surface area contributed by atoms with Crippen LogP contribution in [0.1, 0.15) is 181 Å². The lowest BCUT2D eigenvalue weighted by atomic mass is 9.88. The van der Waals surface area contributed by atoms with Crippen molar-refractivity contribution in [2.24, 2.45) is 17.8 Å². The maximum atomic E-state index is 12.1. The molecule has 0 spiro atoms. The molecule has 8 heteroatoms. The van der Waals surface area contributed by atoms with Gasteiger partial charge >= 0.3 is 11.9 Å². The van der Waals surface area contributed by atoms with Gasteiger partial charge in [0.05, 0.1) is 18.3 Å². The van der Waals surface area contributed by atoms with Crippen molar-refractivity contribution < 1.29 is 39.5 Å². The van der Waals surface area contributed by atoms with E-state index in [9.17, 15) is 30.0 Å². The fourth-order valence-electron chi connectivity index (χ4n) is 6.90. The third kappa shape index (κ3) is 25.2. The molecule has 1 fully saturated rings. The third-order valence-electron chi connectivity index (χ3n) is 10.0. The molecule has 1 saturated carbocycles. The first kappa shape index (κ1) is 45.5. The average Bonchev–Trinajstić information content (AvgIpc) is 3.34. The van der Waals surface area contributed by atoms with Crippen molar-refractivity contribution in [2.45, 2.75) is 206 Å². The first-order valence-corrected chi connectivity index (χ1v) is 20.4. The molecular weight excluding hydrogens is 620 g/mol.